The van der Waals surface area contributed by atoms with Crippen molar-refractivity contribution in [2.75, 3.05) is 13.1 Å². The first-order valence-electron chi connectivity index (χ1n) is 11.4. The molecule has 1 aromatic heterocycles. The second-order valence-corrected chi connectivity index (χ2v) is 10.5. The Balaban J connectivity index is 1.53. The van der Waals surface area contributed by atoms with Crippen molar-refractivity contribution in [3.05, 3.63) is 52.8 Å². The smallest absolute Gasteiger partial charge is 0.390 e. The van der Waals surface area contributed by atoms with Crippen LogP contribution in [-0.4, -0.2) is 52.8 Å². The maximum atomic E-state index is 13.5. The molecule has 1 amide bonds. The summed E-state index contributed by atoms with van der Waals surface area (Å²) in [4.78, 5) is 29.7. The Bertz CT molecular complexity index is 1090. The number of piperidine rings is 1. The van der Waals surface area contributed by atoms with Gasteiger partial charge in [-0.3, -0.25) is 4.79 Å². The Morgan fingerprint density at radius 2 is 1.91 bits per heavy atom. The van der Waals surface area contributed by atoms with E-state index in [1.807, 2.05) is 0 Å². The van der Waals surface area contributed by atoms with Crippen molar-refractivity contribution < 1.29 is 18.1 Å². The number of nitrogens with one attached hydrogen (secondary N) is 1. The molecule has 1 aliphatic heterocycles. The number of amides is 1. The van der Waals surface area contributed by atoms with Gasteiger partial charge >= 0.3 is 5.95 Å². The molecule has 0 radical (unpaired) electrons. The Morgan fingerprint density at radius 3 is 2.64 bits per heavy atom. The maximum Gasteiger partial charge on any atom is 0.434 e. The average molecular weight is 476 g/mol. The lowest BCUT2D eigenvalue weighted by Gasteiger charge is -2.42. The highest BCUT2D eigenvalue weighted by molar-refractivity contribution is 7.89. The molecule has 10 nitrogen and oxygen atoms in total. The van der Waals surface area contributed by atoms with E-state index >= 15 is 0 Å². The number of rotatable bonds is 8. The summed E-state index contributed by atoms with van der Waals surface area (Å²) in [5.74, 6) is 0.477. The minimum Gasteiger partial charge on any atom is -0.390 e. The highest BCUT2D eigenvalue weighted by Crippen LogP contribution is 2.36. The van der Waals surface area contributed by atoms with E-state index < -0.39 is 21.0 Å². The molecule has 1 saturated carbocycles. The van der Waals surface area contributed by atoms with Gasteiger partial charge in [-0.05, 0) is 41.7 Å². The number of carbonyl (C=O) groups is 1. The fraction of sp³-hybridized carbons (Fsp3) is 0.545. The van der Waals surface area contributed by atoms with Gasteiger partial charge in [0, 0.05) is 19.5 Å². The van der Waals surface area contributed by atoms with Crippen LogP contribution in [0.5, 0.6) is 0 Å². The first-order valence-corrected chi connectivity index (χ1v) is 12.8. The van der Waals surface area contributed by atoms with Crippen molar-refractivity contribution in [1.29, 1.82) is 0 Å². The molecule has 2 heterocycles. The zero-order chi connectivity index (χ0) is 23.4. The van der Waals surface area contributed by atoms with Crippen molar-refractivity contribution in [2.24, 2.45) is 11.8 Å². The fourth-order valence-electron chi connectivity index (χ4n) is 5.03. The van der Waals surface area contributed by atoms with Crippen LogP contribution >= 0.6 is 0 Å². The van der Waals surface area contributed by atoms with E-state index in [4.69, 9.17) is 0 Å². The first-order chi connectivity index (χ1) is 15.8. The second kappa shape index (κ2) is 10.0. The molecule has 0 spiro atoms. The third-order valence-corrected chi connectivity index (χ3v) is 8.25. The lowest BCUT2D eigenvalue weighted by atomic mass is 9.75. The molecule has 2 fully saturated rings. The predicted molar refractivity (Wildman–Crippen MR) is 121 cm³/mol. The SMILES string of the molecule is O=C(C(CCn1ccnc1[N+](=O)[O-])NS(=O)(=O)c1ccccc1)N1CC[C@@H]2CCCC[C@@H]2C1. The zero-order valence-electron chi connectivity index (χ0n) is 18.4. The standard InChI is InChI=1S/C22H29N5O5S/c28-21(26-13-10-17-6-4-5-7-18(17)16-26)20(11-14-25-15-12-23-22(25)27(29)30)24-33(31,32)19-8-2-1-3-9-19/h1-3,8-9,12,15,17-18,20,24H,4-7,10-11,13-14,16H2/t17-,18+,20?/m0/s1. The van der Waals surface area contributed by atoms with Crippen LogP contribution in [0.15, 0.2) is 47.6 Å². The minimum absolute atomic E-state index is 0.0717. The topological polar surface area (TPSA) is 127 Å². The summed E-state index contributed by atoms with van der Waals surface area (Å²) in [5, 5.41) is 11.2. The van der Waals surface area contributed by atoms with Gasteiger partial charge in [-0.25, -0.2) is 13.0 Å². The van der Waals surface area contributed by atoms with Crippen LogP contribution in [0, 0.1) is 22.0 Å². The third kappa shape index (κ3) is 5.41. The maximum absolute atomic E-state index is 13.5. The van der Waals surface area contributed by atoms with Gasteiger partial charge in [0.25, 0.3) is 0 Å². The van der Waals surface area contributed by atoms with Gasteiger partial charge < -0.3 is 15.0 Å². The molecule has 33 heavy (non-hydrogen) atoms. The molecule has 0 bridgehead atoms. The number of aryl methyl sites for hydroxylation is 1. The van der Waals surface area contributed by atoms with E-state index in [2.05, 4.69) is 9.71 Å². The number of carbonyl (C=O) groups excluding carboxylic acids is 1. The third-order valence-electron chi connectivity index (χ3n) is 6.77. The van der Waals surface area contributed by atoms with Crippen LogP contribution in [0.4, 0.5) is 5.95 Å². The quantitative estimate of drug-likeness (QED) is 0.462. The van der Waals surface area contributed by atoms with Gasteiger partial charge in [-0.2, -0.15) is 4.72 Å². The van der Waals surface area contributed by atoms with Crippen molar-refractivity contribution in [2.45, 2.75) is 56.0 Å². The fourth-order valence-corrected chi connectivity index (χ4v) is 6.27. The van der Waals surface area contributed by atoms with Gasteiger partial charge in [0.2, 0.25) is 15.9 Å². The number of benzene rings is 1. The monoisotopic (exact) mass is 475 g/mol. The Hall–Kier alpha value is -2.79. The van der Waals surface area contributed by atoms with Gasteiger partial charge in [0.1, 0.15) is 18.4 Å². The van der Waals surface area contributed by atoms with Crippen LogP contribution in [0.1, 0.15) is 38.5 Å². The molecule has 3 atom stereocenters. The van der Waals surface area contributed by atoms with Crippen LogP contribution in [0.25, 0.3) is 0 Å². The normalized spacial score (nSPS) is 21.9. The number of hydrogen-bond donors (Lipinski definition) is 1. The van der Waals surface area contributed by atoms with Crippen LogP contribution in [-0.2, 0) is 21.4 Å². The Morgan fingerprint density at radius 1 is 1.18 bits per heavy atom. The highest BCUT2D eigenvalue weighted by Gasteiger charge is 2.36. The molecule has 11 heteroatoms. The van der Waals surface area contributed by atoms with Gasteiger partial charge in [-0.1, -0.05) is 42.4 Å². The molecule has 1 saturated heterocycles. The van der Waals surface area contributed by atoms with Gasteiger partial charge in [0.15, 0.2) is 0 Å². The van der Waals surface area contributed by atoms with Crippen molar-refractivity contribution in [1.82, 2.24) is 19.2 Å². The predicted octanol–water partition coefficient (Wildman–Crippen LogP) is 2.57. The lowest BCUT2D eigenvalue weighted by Crippen LogP contribution is -2.53. The minimum atomic E-state index is -3.94. The number of hydrogen-bond acceptors (Lipinski definition) is 6. The number of nitro groups is 1. The summed E-state index contributed by atoms with van der Waals surface area (Å²) in [6, 6.07) is 6.87. The molecule has 1 unspecified atom stereocenters. The van der Waals surface area contributed by atoms with Gasteiger partial charge in [-0.15, -0.1) is 0 Å². The molecule has 1 N–H and O–H groups in total. The van der Waals surface area contributed by atoms with E-state index in [1.54, 1.807) is 23.1 Å². The zero-order valence-corrected chi connectivity index (χ0v) is 19.2. The van der Waals surface area contributed by atoms with Crippen LogP contribution in [0.2, 0.25) is 0 Å². The van der Waals surface area contributed by atoms with Crippen LogP contribution < -0.4 is 4.72 Å². The summed E-state index contributed by atoms with van der Waals surface area (Å²) >= 11 is 0. The summed E-state index contributed by atoms with van der Waals surface area (Å²) < 4.78 is 29.9. The van der Waals surface area contributed by atoms with E-state index in [0.29, 0.717) is 24.9 Å². The van der Waals surface area contributed by atoms with Crippen molar-refractivity contribution in [3.63, 3.8) is 0 Å². The number of likely N-dealkylation sites (tertiary alicyclic amines) is 1. The second-order valence-electron chi connectivity index (χ2n) is 8.83. The number of nitrogens with zero attached hydrogens (tertiary/aromatic N) is 4. The summed E-state index contributed by atoms with van der Waals surface area (Å²) in [6.45, 7) is 1.33. The lowest BCUT2D eigenvalue weighted by molar-refractivity contribution is -0.396. The number of sulfonamides is 1. The van der Waals surface area contributed by atoms with Crippen molar-refractivity contribution >= 4 is 21.9 Å². The molecule has 1 aromatic carbocycles. The average Bonchev–Trinajstić information content (AvgIpc) is 3.30. The molecule has 2 aromatic rings. The van der Waals surface area contributed by atoms with Gasteiger partial charge in [0.05, 0.1) is 11.4 Å². The van der Waals surface area contributed by atoms with E-state index in [9.17, 15) is 23.3 Å². The molecule has 4 rings (SSSR count). The number of aromatic nitrogens is 2. The Labute approximate surface area is 193 Å². The van der Waals surface area contributed by atoms with E-state index in [0.717, 1.165) is 19.3 Å². The molecule has 2 aliphatic rings. The summed E-state index contributed by atoms with van der Waals surface area (Å²) in [5.41, 5.74) is 0. The van der Waals surface area contributed by atoms with E-state index in [1.165, 1.54) is 41.9 Å². The summed E-state index contributed by atoms with van der Waals surface area (Å²) in [6.07, 6.45) is 8.47. The van der Waals surface area contributed by atoms with Crippen molar-refractivity contribution in [3.8, 4) is 0 Å². The molecular weight excluding hydrogens is 446 g/mol. The Kier molecular flexibility index (Phi) is 7.08. The molecule has 178 valence electrons. The highest BCUT2D eigenvalue weighted by atomic mass is 32.2. The number of fused-ring (bicyclic) bond motifs is 1. The van der Waals surface area contributed by atoms with Crippen LogP contribution in [0.3, 0.4) is 0 Å². The molecular formula is C22H29N5O5S. The first kappa shape index (κ1) is 23.4. The summed E-state index contributed by atoms with van der Waals surface area (Å²) in [7, 11) is -3.94. The largest absolute Gasteiger partial charge is 0.434 e. The van der Waals surface area contributed by atoms with E-state index in [-0.39, 0.29) is 29.7 Å². The molecule has 1 aliphatic carbocycles. The number of imidazole rings is 1.